The van der Waals surface area contributed by atoms with Crippen molar-refractivity contribution in [3.8, 4) is 0 Å². The third kappa shape index (κ3) is 3.63. The number of carbonyl (C=O) groups excluding carboxylic acids is 2. The van der Waals surface area contributed by atoms with Crippen molar-refractivity contribution in [1.82, 2.24) is 15.5 Å². The molecule has 2 N–H and O–H groups in total. The largest absolute Gasteiger partial charge is 0.371 e. The molecule has 0 aromatic heterocycles. The van der Waals surface area contributed by atoms with Crippen LogP contribution in [0, 0.1) is 0 Å². The standard InChI is InChI=1S/C18H26N4O2/c1-14-17(23)19-9-12-22(14)18(24)20-13-15-7-3-4-8-16(15)21-10-5-2-6-11-21/h3-4,7-8,14H,2,5-6,9-13H2,1H3,(H,19,23)(H,20,24). The number of carbonyl (C=O) groups is 2. The number of piperidine rings is 1. The summed E-state index contributed by atoms with van der Waals surface area (Å²) < 4.78 is 0. The van der Waals surface area contributed by atoms with E-state index in [1.54, 1.807) is 11.8 Å². The Morgan fingerprint density at radius 1 is 1.21 bits per heavy atom. The fourth-order valence-electron chi connectivity index (χ4n) is 3.44. The van der Waals surface area contributed by atoms with Crippen molar-refractivity contribution < 1.29 is 9.59 Å². The molecular weight excluding hydrogens is 304 g/mol. The normalized spacial score (nSPS) is 21.4. The summed E-state index contributed by atoms with van der Waals surface area (Å²) in [6.07, 6.45) is 3.74. The highest BCUT2D eigenvalue weighted by Gasteiger charge is 2.29. The first-order valence-corrected chi connectivity index (χ1v) is 8.82. The number of hydrogen-bond acceptors (Lipinski definition) is 3. The molecule has 2 aliphatic heterocycles. The van der Waals surface area contributed by atoms with Crippen LogP contribution in [0.5, 0.6) is 0 Å². The first kappa shape index (κ1) is 16.6. The molecule has 24 heavy (non-hydrogen) atoms. The maximum Gasteiger partial charge on any atom is 0.318 e. The Kier molecular flexibility index (Phi) is 5.23. The lowest BCUT2D eigenvalue weighted by Crippen LogP contribution is -2.58. The minimum absolute atomic E-state index is 0.0925. The van der Waals surface area contributed by atoms with Crippen LogP contribution in [0.3, 0.4) is 0 Å². The quantitative estimate of drug-likeness (QED) is 0.887. The molecule has 6 nitrogen and oxygen atoms in total. The van der Waals surface area contributed by atoms with Gasteiger partial charge in [-0.3, -0.25) is 4.79 Å². The van der Waals surface area contributed by atoms with E-state index in [0.29, 0.717) is 19.6 Å². The SMILES string of the molecule is CC1C(=O)NCCN1C(=O)NCc1ccccc1N1CCCCC1. The Balaban J connectivity index is 1.64. The van der Waals surface area contributed by atoms with E-state index in [2.05, 4.69) is 27.7 Å². The molecule has 1 aromatic rings. The molecule has 0 radical (unpaired) electrons. The van der Waals surface area contributed by atoms with Crippen molar-refractivity contribution in [2.45, 2.75) is 38.8 Å². The van der Waals surface area contributed by atoms with Gasteiger partial charge in [-0.2, -0.15) is 0 Å². The summed E-state index contributed by atoms with van der Waals surface area (Å²) in [5, 5.41) is 5.75. The van der Waals surface area contributed by atoms with E-state index in [9.17, 15) is 9.59 Å². The zero-order valence-electron chi connectivity index (χ0n) is 14.3. The third-order valence-corrected chi connectivity index (χ3v) is 4.88. The number of hydrogen-bond donors (Lipinski definition) is 2. The minimum atomic E-state index is -0.420. The van der Waals surface area contributed by atoms with Crippen LogP contribution < -0.4 is 15.5 Å². The van der Waals surface area contributed by atoms with E-state index in [-0.39, 0.29) is 11.9 Å². The zero-order chi connectivity index (χ0) is 16.9. The van der Waals surface area contributed by atoms with Gasteiger partial charge in [0.25, 0.3) is 0 Å². The summed E-state index contributed by atoms with van der Waals surface area (Å²) in [6.45, 7) is 5.46. The monoisotopic (exact) mass is 330 g/mol. The first-order chi connectivity index (χ1) is 11.7. The lowest BCUT2D eigenvalue weighted by Gasteiger charge is -2.33. The Labute approximate surface area is 143 Å². The van der Waals surface area contributed by atoms with Gasteiger partial charge in [-0.15, -0.1) is 0 Å². The van der Waals surface area contributed by atoms with Crippen LogP contribution in [-0.4, -0.2) is 49.1 Å². The van der Waals surface area contributed by atoms with Crippen LogP contribution in [0.2, 0.25) is 0 Å². The predicted molar refractivity (Wildman–Crippen MR) is 93.9 cm³/mol. The van der Waals surface area contributed by atoms with E-state index in [0.717, 1.165) is 18.7 Å². The van der Waals surface area contributed by atoms with Gasteiger partial charge >= 0.3 is 6.03 Å². The molecule has 3 rings (SSSR count). The molecular formula is C18H26N4O2. The van der Waals surface area contributed by atoms with E-state index in [1.807, 2.05) is 12.1 Å². The van der Waals surface area contributed by atoms with Gasteiger partial charge in [-0.25, -0.2) is 4.79 Å². The molecule has 1 unspecified atom stereocenters. The van der Waals surface area contributed by atoms with Crippen LogP contribution in [0.15, 0.2) is 24.3 Å². The summed E-state index contributed by atoms with van der Waals surface area (Å²) in [5.41, 5.74) is 2.34. The molecule has 130 valence electrons. The van der Waals surface area contributed by atoms with Gasteiger partial charge in [0.2, 0.25) is 5.91 Å². The Bertz CT molecular complexity index is 598. The van der Waals surface area contributed by atoms with Crippen molar-refractivity contribution in [2.24, 2.45) is 0 Å². The van der Waals surface area contributed by atoms with Crippen LogP contribution >= 0.6 is 0 Å². The molecule has 1 atom stereocenters. The van der Waals surface area contributed by atoms with Gasteiger partial charge in [0.15, 0.2) is 0 Å². The van der Waals surface area contributed by atoms with Gasteiger partial charge < -0.3 is 20.4 Å². The minimum Gasteiger partial charge on any atom is -0.371 e. The second-order valence-corrected chi connectivity index (χ2v) is 6.50. The second kappa shape index (κ2) is 7.55. The van der Waals surface area contributed by atoms with Crippen molar-refractivity contribution in [3.05, 3.63) is 29.8 Å². The van der Waals surface area contributed by atoms with Gasteiger partial charge in [-0.05, 0) is 37.8 Å². The number of urea groups is 1. The number of nitrogens with one attached hydrogen (secondary N) is 2. The summed E-state index contributed by atoms with van der Waals surface area (Å²) in [7, 11) is 0. The lowest BCUT2D eigenvalue weighted by atomic mass is 10.1. The highest BCUT2D eigenvalue weighted by Crippen LogP contribution is 2.24. The van der Waals surface area contributed by atoms with E-state index >= 15 is 0 Å². The number of anilines is 1. The lowest BCUT2D eigenvalue weighted by molar-refractivity contribution is -0.126. The predicted octanol–water partition coefficient (Wildman–Crippen LogP) is 1.71. The molecule has 2 saturated heterocycles. The van der Waals surface area contributed by atoms with Gasteiger partial charge in [0.1, 0.15) is 6.04 Å². The Hall–Kier alpha value is -2.24. The van der Waals surface area contributed by atoms with Crippen LogP contribution in [0.1, 0.15) is 31.7 Å². The van der Waals surface area contributed by atoms with Crippen LogP contribution in [0.4, 0.5) is 10.5 Å². The molecule has 3 amide bonds. The molecule has 6 heteroatoms. The van der Waals surface area contributed by atoms with Gasteiger partial charge in [0, 0.05) is 38.4 Å². The van der Waals surface area contributed by atoms with Crippen molar-refractivity contribution in [1.29, 1.82) is 0 Å². The van der Waals surface area contributed by atoms with Gasteiger partial charge in [0.05, 0.1) is 0 Å². The maximum atomic E-state index is 12.4. The summed E-state index contributed by atoms with van der Waals surface area (Å²) in [4.78, 5) is 28.1. The molecule has 0 spiro atoms. The average Bonchev–Trinajstić information content (AvgIpc) is 2.63. The number of para-hydroxylation sites is 1. The number of piperazine rings is 1. The molecule has 0 aliphatic carbocycles. The number of benzene rings is 1. The Morgan fingerprint density at radius 3 is 2.75 bits per heavy atom. The average molecular weight is 330 g/mol. The highest BCUT2D eigenvalue weighted by atomic mass is 16.2. The topological polar surface area (TPSA) is 64.7 Å². The van der Waals surface area contributed by atoms with Gasteiger partial charge in [-0.1, -0.05) is 18.2 Å². The molecule has 2 aliphatic rings. The summed E-state index contributed by atoms with van der Waals surface area (Å²) >= 11 is 0. The molecule has 1 aromatic carbocycles. The zero-order valence-corrected chi connectivity index (χ0v) is 14.3. The number of amides is 3. The first-order valence-electron chi connectivity index (χ1n) is 8.82. The number of nitrogens with zero attached hydrogens (tertiary/aromatic N) is 2. The van der Waals surface area contributed by atoms with Crippen molar-refractivity contribution >= 4 is 17.6 Å². The summed E-state index contributed by atoms with van der Waals surface area (Å²) in [5.74, 6) is -0.0925. The molecule has 0 bridgehead atoms. The molecule has 2 fully saturated rings. The number of rotatable bonds is 3. The van der Waals surface area contributed by atoms with Crippen molar-refractivity contribution in [2.75, 3.05) is 31.1 Å². The summed E-state index contributed by atoms with van der Waals surface area (Å²) in [6, 6.07) is 7.65. The van der Waals surface area contributed by atoms with E-state index < -0.39 is 6.04 Å². The maximum absolute atomic E-state index is 12.4. The third-order valence-electron chi connectivity index (χ3n) is 4.88. The van der Waals surface area contributed by atoms with E-state index in [4.69, 9.17) is 0 Å². The second-order valence-electron chi connectivity index (χ2n) is 6.50. The van der Waals surface area contributed by atoms with Crippen LogP contribution in [-0.2, 0) is 11.3 Å². The van der Waals surface area contributed by atoms with Crippen LogP contribution in [0.25, 0.3) is 0 Å². The van der Waals surface area contributed by atoms with E-state index in [1.165, 1.54) is 24.9 Å². The van der Waals surface area contributed by atoms with Crippen molar-refractivity contribution in [3.63, 3.8) is 0 Å². The Morgan fingerprint density at radius 2 is 1.96 bits per heavy atom. The fourth-order valence-corrected chi connectivity index (χ4v) is 3.44. The molecule has 2 heterocycles. The molecule has 0 saturated carbocycles. The smallest absolute Gasteiger partial charge is 0.318 e. The highest BCUT2D eigenvalue weighted by molar-refractivity contribution is 5.87. The fraction of sp³-hybridized carbons (Fsp3) is 0.556.